The molecule has 0 aliphatic carbocycles. The second-order valence-electron chi connectivity index (χ2n) is 3.64. The topological polar surface area (TPSA) is 60.8 Å². The van der Waals surface area contributed by atoms with Crippen LogP contribution in [0.4, 0.5) is 4.39 Å². The number of carboxylic acid groups (broad SMARTS) is 1. The lowest BCUT2D eigenvalue weighted by molar-refractivity contribution is -0.138. The lowest BCUT2D eigenvalue weighted by Crippen LogP contribution is -2.29. The van der Waals surface area contributed by atoms with Gasteiger partial charge in [-0.1, -0.05) is 12.1 Å². The van der Waals surface area contributed by atoms with E-state index < -0.39 is 17.5 Å². The molecule has 1 rings (SSSR count). The van der Waals surface area contributed by atoms with Crippen LogP contribution < -0.4 is 0 Å². The van der Waals surface area contributed by atoms with Gasteiger partial charge in [0.2, 0.25) is 0 Å². The average molecular weight is 239 g/mol. The zero-order valence-corrected chi connectivity index (χ0v) is 9.27. The Morgan fingerprint density at radius 1 is 1.53 bits per heavy atom. The molecule has 0 bridgehead atoms. The minimum absolute atomic E-state index is 0.144. The van der Waals surface area contributed by atoms with Gasteiger partial charge in [0.15, 0.2) is 11.6 Å². The fraction of sp³-hybridized carbons (Fsp3) is 0.250. The molecule has 92 valence electrons. The number of carboxylic acids is 1. The van der Waals surface area contributed by atoms with Crippen molar-refractivity contribution in [2.45, 2.75) is 6.54 Å². The van der Waals surface area contributed by atoms with Crippen LogP contribution in [-0.2, 0) is 11.3 Å². The van der Waals surface area contributed by atoms with Crippen molar-refractivity contribution >= 4 is 5.97 Å². The van der Waals surface area contributed by atoms with Crippen LogP contribution in [0.1, 0.15) is 5.56 Å². The van der Waals surface area contributed by atoms with Crippen molar-refractivity contribution in [3.63, 3.8) is 0 Å². The molecule has 0 aliphatic rings. The van der Waals surface area contributed by atoms with Crippen molar-refractivity contribution in [1.29, 1.82) is 0 Å². The molecule has 1 aromatic carbocycles. The van der Waals surface area contributed by atoms with Gasteiger partial charge in [0.05, 0.1) is 6.54 Å². The summed E-state index contributed by atoms with van der Waals surface area (Å²) in [6.07, 6.45) is 1.58. The largest absolute Gasteiger partial charge is 0.505 e. The molecule has 0 heterocycles. The maximum atomic E-state index is 13.1. The van der Waals surface area contributed by atoms with Crippen LogP contribution in [0.3, 0.4) is 0 Å². The predicted octanol–water partition coefficient (Wildman–Crippen LogP) is 1.60. The van der Waals surface area contributed by atoms with Crippen LogP contribution >= 0.6 is 0 Å². The molecule has 4 nitrogen and oxygen atoms in total. The van der Waals surface area contributed by atoms with Gasteiger partial charge in [0.25, 0.3) is 0 Å². The van der Waals surface area contributed by atoms with E-state index in [-0.39, 0.29) is 13.1 Å². The van der Waals surface area contributed by atoms with Gasteiger partial charge in [0.1, 0.15) is 0 Å². The molecule has 5 heteroatoms. The smallest absolute Gasteiger partial charge is 0.317 e. The Hall–Kier alpha value is -1.88. The number of nitrogens with zero attached hydrogens (tertiary/aromatic N) is 1. The number of rotatable bonds is 6. The van der Waals surface area contributed by atoms with Gasteiger partial charge in [0, 0.05) is 13.1 Å². The van der Waals surface area contributed by atoms with Crippen LogP contribution in [0.25, 0.3) is 0 Å². The molecule has 0 saturated heterocycles. The van der Waals surface area contributed by atoms with Crippen molar-refractivity contribution in [2.24, 2.45) is 0 Å². The van der Waals surface area contributed by atoms with E-state index in [1.165, 1.54) is 12.1 Å². The van der Waals surface area contributed by atoms with Crippen molar-refractivity contribution < 1.29 is 19.4 Å². The molecular weight excluding hydrogens is 225 g/mol. The van der Waals surface area contributed by atoms with E-state index in [0.717, 1.165) is 0 Å². The quantitative estimate of drug-likeness (QED) is 0.740. The maximum absolute atomic E-state index is 13.1. The summed E-state index contributed by atoms with van der Waals surface area (Å²) in [5, 5.41) is 17.7. The number of carbonyl (C=O) groups is 1. The standard InChI is InChI=1S/C12H14FNO3/c1-2-5-14(8-12(16)17)7-9-3-4-11(15)10(13)6-9/h2-4,6,15H,1,5,7-8H2,(H,16,17). The summed E-state index contributed by atoms with van der Waals surface area (Å²) >= 11 is 0. The minimum atomic E-state index is -0.953. The van der Waals surface area contributed by atoms with Gasteiger partial charge >= 0.3 is 5.97 Å². The Morgan fingerprint density at radius 3 is 2.76 bits per heavy atom. The van der Waals surface area contributed by atoms with Gasteiger partial charge in [-0.05, 0) is 17.7 Å². The number of aliphatic carboxylic acids is 1. The van der Waals surface area contributed by atoms with Crippen molar-refractivity contribution in [3.8, 4) is 5.75 Å². The van der Waals surface area contributed by atoms with Gasteiger partial charge in [-0.3, -0.25) is 9.69 Å². The Bertz CT molecular complexity index is 420. The third-order valence-corrected chi connectivity index (χ3v) is 2.16. The molecule has 0 atom stereocenters. The lowest BCUT2D eigenvalue weighted by Gasteiger charge is -2.18. The molecule has 2 N–H and O–H groups in total. The Morgan fingerprint density at radius 2 is 2.24 bits per heavy atom. The molecular formula is C12H14FNO3. The van der Waals surface area contributed by atoms with Crippen molar-refractivity contribution in [2.75, 3.05) is 13.1 Å². The summed E-state index contributed by atoms with van der Waals surface area (Å²) in [4.78, 5) is 12.2. The molecule has 0 unspecified atom stereocenters. The van der Waals surface area contributed by atoms with Crippen molar-refractivity contribution in [1.82, 2.24) is 4.90 Å². The molecule has 17 heavy (non-hydrogen) atoms. The first kappa shape index (κ1) is 13.2. The number of hydrogen-bond donors (Lipinski definition) is 2. The van der Waals surface area contributed by atoms with Crippen LogP contribution in [0.15, 0.2) is 30.9 Å². The Labute approximate surface area is 98.6 Å². The van der Waals surface area contributed by atoms with E-state index >= 15 is 0 Å². The van der Waals surface area contributed by atoms with Gasteiger partial charge in [-0.15, -0.1) is 6.58 Å². The highest BCUT2D eigenvalue weighted by Crippen LogP contribution is 2.17. The third-order valence-electron chi connectivity index (χ3n) is 2.16. The SMILES string of the molecule is C=CCN(CC(=O)O)Cc1ccc(O)c(F)c1. The van der Waals surface area contributed by atoms with Crippen LogP contribution in [0.2, 0.25) is 0 Å². The highest BCUT2D eigenvalue weighted by atomic mass is 19.1. The number of benzene rings is 1. The fourth-order valence-electron chi connectivity index (χ4n) is 1.47. The molecule has 0 aromatic heterocycles. The molecule has 0 radical (unpaired) electrons. The molecule has 0 fully saturated rings. The number of aromatic hydroxyl groups is 1. The van der Waals surface area contributed by atoms with E-state index in [1.807, 2.05) is 0 Å². The van der Waals surface area contributed by atoms with E-state index in [9.17, 15) is 9.18 Å². The number of phenolic OH excluding ortho intramolecular Hbond substituents is 1. The van der Waals surface area contributed by atoms with Gasteiger partial charge in [-0.2, -0.15) is 0 Å². The summed E-state index contributed by atoms with van der Waals surface area (Å²) in [6.45, 7) is 4.07. The first-order valence-corrected chi connectivity index (χ1v) is 5.05. The lowest BCUT2D eigenvalue weighted by atomic mass is 10.2. The molecule has 0 spiro atoms. The predicted molar refractivity (Wildman–Crippen MR) is 61.2 cm³/mol. The average Bonchev–Trinajstić information content (AvgIpc) is 2.23. The molecule has 0 saturated carbocycles. The zero-order chi connectivity index (χ0) is 12.8. The van der Waals surface area contributed by atoms with E-state index in [4.69, 9.17) is 10.2 Å². The summed E-state index contributed by atoms with van der Waals surface area (Å²) < 4.78 is 13.1. The van der Waals surface area contributed by atoms with E-state index in [0.29, 0.717) is 12.1 Å². The molecule has 1 aromatic rings. The number of halogens is 1. The van der Waals surface area contributed by atoms with Gasteiger partial charge in [-0.25, -0.2) is 4.39 Å². The highest BCUT2D eigenvalue weighted by Gasteiger charge is 2.10. The number of hydrogen-bond acceptors (Lipinski definition) is 3. The highest BCUT2D eigenvalue weighted by molar-refractivity contribution is 5.69. The fourth-order valence-corrected chi connectivity index (χ4v) is 1.47. The van der Waals surface area contributed by atoms with Gasteiger partial charge < -0.3 is 10.2 Å². The first-order chi connectivity index (χ1) is 8.02. The van der Waals surface area contributed by atoms with Crippen molar-refractivity contribution in [3.05, 3.63) is 42.2 Å². The van der Waals surface area contributed by atoms with E-state index in [2.05, 4.69) is 6.58 Å². The Balaban J connectivity index is 2.74. The summed E-state index contributed by atoms with van der Waals surface area (Å²) in [5.41, 5.74) is 0.600. The second-order valence-corrected chi connectivity index (χ2v) is 3.64. The Kier molecular flexibility index (Phi) is 4.66. The van der Waals surface area contributed by atoms with Crippen LogP contribution in [0, 0.1) is 5.82 Å². The van der Waals surface area contributed by atoms with Crippen LogP contribution in [0.5, 0.6) is 5.75 Å². The normalized spacial score (nSPS) is 10.5. The third kappa shape index (κ3) is 4.24. The minimum Gasteiger partial charge on any atom is -0.505 e. The van der Waals surface area contributed by atoms with E-state index in [1.54, 1.807) is 17.0 Å². The van der Waals surface area contributed by atoms with Crippen LogP contribution in [-0.4, -0.2) is 34.2 Å². The summed E-state index contributed by atoms with van der Waals surface area (Å²) in [7, 11) is 0. The summed E-state index contributed by atoms with van der Waals surface area (Å²) in [6, 6.07) is 3.99. The maximum Gasteiger partial charge on any atom is 0.317 e. The zero-order valence-electron chi connectivity index (χ0n) is 9.27. The first-order valence-electron chi connectivity index (χ1n) is 5.05. The monoisotopic (exact) mass is 239 g/mol. The number of phenols is 1. The summed E-state index contributed by atoms with van der Waals surface area (Å²) in [5.74, 6) is -2.08. The molecule has 0 amide bonds. The second kappa shape index (κ2) is 6.00. The molecule has 0 aliphatic heterocycles.